The summed E-state index contributed by atoms with van der Waals surface area (Å²) in [5, 5.41) is 7.16. The zero-order valence-corrected chi connectivity index (χ0v) is 22.9. The van der Waals surface area contributed by atoms with Gasteiger partial charge in [-0.3, -0.25) is 9.59 Å². The molecule has 3 N–H and O–H groups in total. The number of alkyl halides is 1. The number of carbonyl (C=O) groups excluding carboxylic acids is 2. The number of carbonyl (C=O) groups is 2. The van der Waals surface area contributed by atoms with Gasteiger partial charge < -0.3 is 20.2 Å². The Morgan fingerprint density at radius 3 is 2.38 bits per heavy atom. The molecule has 2 aromatic heterocycles. The summed E-state index contributed by atoms with van der Waals surface area (Å²) < 4.78 is 0. The summed E-state index contributed by atoms with van der Waals surface area (Å²) in [7, 11) is 0. The second kappa shape index (κ2) is 9.28. The molecule has 1 atom stereocenters. The SMILES string of the molecule is Cc1ccc2[nH]c(C(=O)Nc3ccc4[nH]c(C(=O)N5CC(CCl)c6c5cc(C)c5ccccc65)cc4c3)cc2c1. The normalized spacial score (nSPS) is 14.8. The first kappa shape index (κ1) is 24.5. The highest BCUT2D eigenvalue weighted by Gasteiger charge is 2.35. The minimum absolute atomic E-state index is 0.0610. The van der Waals surface area contributed by atoms with Crippen molar-refractivity contribution in [2.24, 2.45) is 0 Å². The van der Waals surface area contributed by atoms with E-state index in [4.69, 9.17) is 11.6 Å². The van der Waals surface area contributed by atoms with Gasteiger partial charge in [-0.15, -0.1) is 11.6 Å². The van der Waals surface area contributed by atoms with E-state index < -0.39 is 0 Å². The lowest BCUT2D eigenvalue weighted by atomic mass is 9.93. The Morgan fingerprint density at radius 2 is 1.57 bits per heavy atom. The first-order chi connectivity index (χ1) is 19.4. The van der Waals surface area contributed by atoms with Crippen molar-refractivity contribution in [1.29, 1.82) is 0 Å². The molecule has 0 spiro atoms. The predicted molar refractivity (Wildman–Crippen MR) is 163 cm³/mol. The van der Waals surface area contributed by atoms with E-state index in [1.807, 2.05) is 72.5 Å². The van der Waals surface area contributed by atoms with E-state index in [0.29, 0.717) is 29.5 Å². The van der Waals surface area contributed by atoms with Crippen molar-refractivity contribution in [1.82, 2.24) is 9.97 Å². The van der Waals surface area contributed by atoms with Crippen molar-refractivity contribution in [3.8, 4) is 0 Å². The molecule has 0 bridgehead atoms. The van der Waals surface area contributed by atoms with Crippen molar-refractivity contribution in [2.75, 3.05) is 22.6 Å². The molecule has 1 aliphatic rings. The number of hydrogen-bond acceptors (Lipinski definition) is 2. The van der Waals surface area contributed by atoms with Gasteiger partial charge in [-0.05, 0) is 84.3 Å². The number of fused-ring (bicyclic) bond motifs is 5. The third-order valence-corrected chi connectivity index (χ3v) is 8.31. The van der Waals surface area contributed by atoms with E-state index in [1.165, 1.54) is 5.39 Å². The van der Waals surface area contributed by atoms with Crippen LogP contribution in [0, 0.1) is 13.8 Å². The summed E-state index contributed by atoms with van der Waals surface area (Å²) in [5.74, 6) is 0.184. The van der Waals surface area contributed by atoms with Crippen LogP contribution in [0.3, 0.4) is 0 Å². The van der Waals surface area contributed by atoms with Crippen molar-refractivity contribution >= 4 is 67.4 Å². The molecule has 3 heterocycles. The fourth-order valence-corrected chi connectivity index (χ4v) is 6.24. The van der Waals surface area contributed by atoms with Crippen LogP contribution in [-0.4, -0.2) is 34.2 Å². The first-order valence-corrected chi connectivity index (χ1v) is 13.9. The quantitative estimate of drug-likeness (QED) is 0.198. The second-order valence-electron chi connectivity index (χ2n) is 10.7. The number of aromatic amines is 2. The molecule has 0 saturated heterocycles. The Balaban J connectivity index is 1.18. The van der Waals surface area contributed by atoms with Crippen LogP contribution in [0.5, 0.6) is 0 Å². The zero-order chi connectivity index (χ0) is 27.5. The number of benzene rings is 4. The molecule has 7 rings (SSSR count). The Bertz CT molecular complexity index is 1990. The molecule has 7 heteroatoms. The van der Waals surface area contributed by atoms with Crippen LogP contribution >= 0.6 is 11.6 Å². The molecule has 6 aromatic rings. The molecule has 0 saturated carbocycles. The third-order valence-electron chi connectivity index (χ3n) is 7.93. The fourth-order valence-electron chi connectivity index (χ4n) is 5.98. The van der Waals surface area contributed by atoms with Crippen LogP contribution in [0.15, 0.2) is 78.9 Å². The van der Waals surface area contributed by atoms with E-state index in [2.05, 4.69) is 40.4 Å². The minimum Gasteiger partial charge on any atom is -0.351 e. The molecular weight excluding hydrogens is 520 g/mol. The smallest absolute Gasteiger partial charge is 0.274 e. The Kier molecular flexibility index (Phi) is 5.68. The minimum atomic E-state index is -0.219. The Labute approximate surface area is 235 Å². The number of H-pyrrole nitrogens is 2. The summed E-state index contributed by atoms with van der Waals surface area (Å²) in [6, 6.07) is 25.7. The van der Waals surface area contributed by atoms with Crippen LogP contribution in [-0.2, 0) is 0 Å². The van der Waals surface area contributed by atoms with Gasteiger partial charge in [0.25, 0.3) is 11.8 Å². The Hall–Kier alpha value is -4.55. The van der Waals surface area contributed by atoms with E-state index in [0.717, 1.165) is 49.6 Å². The molecule has 2 amide bonds. The van der Waals surface area contributed by atoms with Gasteiger partial charge in [0.1, 0.15) is 11.4 Å². The maximum atomic E-state index is 13.8. The van der Waals surface area contributed by atoms with E-state index in [-0.39, 0.29) is 17.7 Å². The monoisotopic (exact) mass is 546 g/mol. The van der Waals surface area contributed by atoms with Gasteiger partial charge in [-0.25, -0.2) is 0 Å². The van der Waals surface area contributed by atoms with E-state index in [9.17, 15) is 9.59 Å². The summed E-state index contributed by atoms with van der Waals surface area (Å²) in [4.78, 5) is 35.1. The number of halogens is 1. The molecule has 1 aliphatic heterocycles. The lowest BCUT2D eigenvalue weighted by molar-refractivity contribution is 0.0983. The highest BCUT2D eigenvalue weighted by atomic mass is 35.5. The van der Waals surface area contributed by atoms with Crippen LogP contribution in [0.2, 0.25) is 0 Å². The maximum absolute atomic E-state index is 13.8. The average molecular weight is 547 g/mol. The van der Waals surface area contributed by atoms with Gasteiger partial charge in [-0.1, -0.05) is 35.9 Å². The number of anilines is 2. The predicted octanol–water partition coefficient (Wildman–Crippen LogP) is 7.65. The molecule has 1 unspecified atom stereocenters. The fraction of sp³-hybridized carbons (Fsp3) is 0.152. The summed E-state index contributed by atoms with van der Waals surface area (Å²) in [5.41, 5.74) is 7.72. The van der Waals surface area contributed by atoms with E-state index in [1.54, 1.807) is 0 Å². The van der Waals surface area contributed by atoms with Crippen LogP contribution in [0.25, 0.3) is 32.6 Å². The summed E-state index contributed by atoms with van der Waals surface area (Å²) >= 11 is 6.41. The number of rotatable bonds is 4. The average Bonchev–Trinajstić information content (AvgIpc) is 3.67. The number of nitrogens with one attached hydrogen (secondary N) is 3. The van der Waals surface area contributed by atoms with Crippen LogP contribution in [0.4, 0.5) is 11.4 Å². The van der Waals surface area contributed by atoms with Crippen molar-refractivity contribution in [3.05, 3.63) is 107 Å². The molecule has 4 aromatic carbocycles. The lowest BCUT2D eigenvalue weighted by Crippen LogP contribution is -2.30. The topological polar surface area (TPSA) is 81.0 Å². The largest absolute Gasteiger partial charge is 0.351 e. The van der Waals surface area contributed by atoms with Gasteiger partial charge in [0, 0.05) is 51.5 Å². The summed E-state index contributed by atoms with van der Waals surface area (Å²) in [6.07, 6.45) is 0. The molecule has 40 heavy (non-hydrogen) atoms. The van der Waals surface area contributed by atoms with Crippen molar-refractivity contribution < 1.29 is 9.59 Å². The number of hydrogen-bond donors (Lipinski definition) is 3. The number of nitrogens with zero attached hydrogens (tertiary/aromatic N) is 1. The van der Waals surface area contributed by atoms with Gasteiger partial charge >= 0.3 is 0 Å². The van der Waals surface area contributed by atoms with Gasteiger partial charge in [-0.2, -0.15) is 0 Å². The Morgan fingerprint density at radius 1 is 0.875 bits per heavy atom. The highest BCUT2D eigenvalue weighted by molar-refractivity contribution is 6.19. The molecule has 0 radical (unpaired) electrons. The van der Waals surface area contributed by atoms with E-state index >= 15 is 0 Å². The second-order valence-corrected chi connectivity index (χ2v) is 11.0. The standard InChI is InChI=1S/C33H27ClN4O2/c1-18-7-9-26-20(11-18)14-28(36-26)32(39)35-23-8-10-27-21(13-23)15-29(37-27)33(40)38-17-22(16-34)31-25-6-4-3-5-24(25)19(2)12-30(31)38/h3-15,22,36-37H,16-17H2,1-2H3,(H,35,39). The first-order valence-electron chi connectivity index (χ1n) is 13.3. The number of aryl methyl sites for hydroxylation is 2. The van der Waals surface area contributed by atoms with Crippen molar-refractivity contribution in [2.45, 2.75) is 19.8 Å². The maximum Gasteiger partial charge on any atom is 0.274 e. The molecular formula is C33H27ClN4O2. The highest BCUT2D eigenvalue weighted by Crippen LogP contribution is 2.43. The number of aromatic nitrogens is 2. The van der Waals surface area contributed by atoms with Gasteiger partial charge in [0.15, 0.2) is 0 Å². The van der Waals surface area contributed by atoms with Crippen LogP contribution in [0.1, 0.15) is 43.6 Å². The molecule has 0 fully saturated rings. The van der Waals surface area contributed by atoms with Crippen molar-refractivity contribution in [3.63, 3.8) is 0 Å². The zero-order valence-electron chi connectivity index (χ0n) is 22.1. The number of amides is 2. The van der Waals surface area contributed by atoms with Gasteiger partial charge in [0.05, 0.1) is 0 Å². The van der Waals surface area contributed by atoms with Gasteiger partial charge in [0.2, 0.25) is 0 Å². The van der Waals surface area contributed by atoms with Crippen LogP contribution < -0.4 is 10.2 Å². The molecule has 0 aliphatic carbocycles. The summed E-state index contributed by atoms with van der Waals surface area (Å²) in [6.45, 7) is 4.64. The molecule has 6 nitrogen and oxygen atoms in total. The molecule has 198 valence electrons. The lowest BCUT2D eigenvalue weighted by Gasteiger charge is -2.18. The third kappa shape index (κ3) is 3.95.